The Kier molecular flexibility index (Phi) is 4.71. The average molecular weight is 246 g/mol. The lowest BCUT2D eigenvalue weighted by Crippen LogP contribution is -2.46. The van der Waals surface area contributed by atoms with Crippen molar-refractivity contribution >= 4 is 11.6 Å². The van der Waals surface area contributed by atoms with Gasteiger partial charge < -0.3 is 10.5 Å². The highest BCUT2D eigenvalue weighted by Crippen LogP contribution is 2.21. The summed E-state index contributed by atoms with van der Waals surface area (Å²) in [6.07, 6.45) is 1.14. The Hall–Kier alpha value is -0.640. The topological polar surface area (TPSA) is 35.2 Å². The van der Waals surface area contributed by atoms with Crippen LogP contribution in [0, 0.1) is 5.82 Å². The number of hydrogen-bond acceptors (Lipinski definition) is 2. The maximum absolute atomic E-state index is 13.5. The number of hydrogen-bond donors (Lipinski definition) is 1. The summed E-state index contributed by atoms with van der Waals surface area (Å²) in [5.41, 5.74) is 6.12. The van der Waals surface area contributed by atoms with Gasteiger partial charge in [-0.25, -0.2) is 4.39 Å². The molecule has 1 aromatic rings. The van der Waals surface area contributed by atoms with Crippen molar-refractivity contribution in [2.24, 2.45) is 5.73 Å². The molecule has 0 bridgehead atoms. The van der Waals surface area contributed by atoms with Crippen LogP contribution < -0.4 is 5.73 Å². The average Bonchev–Trinajstić information content (AvgIpc) is 2.24. The molecular formula is C12H17ClFNO. The first-order valence-corrected chi connectivity index (χ1v) is 5.60. The van der Waals surface area contributed by atoms with E-state index in [9.17, 15) is 4.39 Å². The predicted molar refractivity (Wildman–Crippen MR) is 64.2 cm³/mol. The molecule has 1 unspecified atom stereocenters. The highest BCUT2D eigenvalue weighted by molar-refractivity contribution is 6.30. The molecule has 0 saturated heterocycles. The van der Waals surface area contributed by atoms with Crippen LogP contribution in [0.4, 0.5) is 4.39 Å². The molecule has 0 aliphatic carbocycles. The number of methoxy groups -OCH3 is 1. The minimum absolute atomic E-state index is 0.274. The van der Waals surface area contributed by atoms with Gasteiger partial charge in [-0.15, -0.1) is 0 Å². The molecular weight excluding hydrogens is 229 g/mol. The number of halogens is 2. The standard InChI is InChI=1S/C12H17ClFNO/c1-3-12(15,8-16-2)7-9-6-10(13)4-5-11(9)14/h4-6H,3,7-8,15H2,1-2H3. The zero-order valence-electron chi connectivity index (χ0n) is 9.59. The summed E-state index contributed by atoms with van der Waals surface area (Å²) < 4.78 is 18.6. The zero-order valence-corrected chi connectivity index (χ0v) is 10.4. The van der Waals surface area contributed by atoms with Crippen LogP contribution in [-0.2, 0) is 11.2 Å². The number of nitrogens with two attached hydrogens (primary N) is 1. The minimum atomic E-state index is -0.541. The highest BCUT2D eigenvalue weighted by Gasteiger charge is 2.24. The van der Waals surface area contributed by atoms with Crippen molar-refractivity contribution in [2.75, 3.05) is 13.7 Å². The van der Waals surface area contributed by atoms with Crippen molar-refractivity contribution in [1.82, 2.24) is 0 Å². The predicted octanol–water partition coefficient (Wildman–Crippen LogP) is 2.78. The van der Waals surface area contributed by atoms with E-state index in [1.165, 1.54) is 12.1 Å². The van der Waals surface area contributed by atoms with Gasteiger partial charge in [0, 0.05) is 17.7 Å². The maximum atomic E-state index is 13.5. The normalized spacial score (nSPS) is 14.8. The lowest BCUT2D eigenvalue weighted by atomic mass is 9.90. The molecule has 0 radical (unpaired) electrons. The summed E-state index contributed by atoms with van der Waals surface area (Å²) in [6, 6.07) is 4.51. The fraction of sp³-hybridized carbons (Fsp3) is 0.500. The molecule has 0 spiro atoms. The van der Waals surface area contributed by atoms with Gasteiger partial charge in [-0.1, -0.05) is 18.5 Å². The molecule has 2 nitrogen and oxygen atoms in total. The summed E-state index contributed by atoms with van der Waals surface area (Å²) in [5, 5.41) is 0.521. The van der Waals surface area contributed by atoms with Crippen molar-refractivity contribution in [3.8, 4) is 0 Å². The summed E-state index contributed by atoms with van der Waals surface area (Å²) >= 11 is 5.83. The van der Waals surface area contributed by atoms with Crippen molar-refractivity contribution in [2.45, 2.75) is 25.3 Å². The van der Waals surface area contributed by atoms with Gasteiger partial charge in [0.15, 0.2) is 0 Å². The van der Waals surface area contributed by atoms with E-state index >= 15 is 0 Å². The van der Waals surface area contributed by atoms with Gasteiger partial charge in [0.25, 0.3) is 0 Å². The maximum Gasteiger partial charge on any atom is 0.126 e. The second-order valence-electron chi connectivity index (χ2n) is 4.06. The van der Waals surface area contributed by atoms with Gasteiger partial charge in [-0.2, -0.15) is 0 Å². The van der Waals surface area contributed by atoms with Crippen molar-refractivity contribution < 1.29 is 9.13 Å². The Morgan fingerprint density at radius 3 is 2.75 bits per heavy atom. The first-order valence-electron chi connectivity index (χ1n) is 5.22. The number of ether oxygens (including phenoxy) is 1. The first-order chi connectivity index (χ1) is 7.50. The van der Waals surface area contributed by atoms with Crippen molar-refractivity contribution in [3.05, 3.63) is 34.6 Å². The highest BCUT2D eigenvalue weighted by atomic mass is 35.5. The molecule has 16 heavy (non-hydrogen) atoms. The van der Waals surface area contributed by atoms with Crippen LogP contribution in [0.5, 0.6) is 0 Å². The molecule has 0 aliphatic heterocycles. The van der Waals surface area contributed by atoms with Crippen molar-refractivity contribution in [1.29, 1.82) is 0 Å². The lowest BCUT2D eigenvalue weighted by molar-refractivity contribution is 0.129. The Morgan fingerprint density at radius 2 is 2.19 bits per heavy atom. The minimum Gasteiger partial charge on any atom is -0.383 e. The second kappa shape index (κ2) is 5.62. The largest absolute Gasteiger partial charge is 0.383 e. The molecule has 1 rings (SSSR count). The zero-order chi connectivity index (χ0) is 12.2. The summed E-state index contributed by atoms with van der Waals surface area (Å²) in [4.78, 5) is 0. The van der Waals surface area contributed by atoms with Crippen LogP contribution in [0.25, 0.3) is 0 Å². The van der Waals surface area contributed by atoms with E-state index in [2.05, 4.69) is 0 Å². The van der Waals surface area contributed by atoms with Gasteiger partial charge in [-0.05, 0) is 36.6 Å². The summed E-state index contributed by atoms with van der Waals surface area (Å²) in [7, 11) is 1.59. The molecule has 2 N–H and O–H groups in total. The Labute approximate surface area is 101 Å². The van der Waals surface area contributed by atoms with Crippen LogP contribution in [-0.4, -0.2) is 19.3 Å². The third-order valence-electron chi connectivity index (χ3n) is 2.69. The van der Waals surface area contributed by atoms with E-state index < -0.39 is 5.54 Å². The molecule has 0 saturated carbocycles. The number of benzene rings is 1. The fourth-order valence-electron chi connectivity index (χ4n) is 1.62. The summed E-state index contributed by atoms with van der Waals surface area (Å²) in [6.45, 7) is 2.36. The smallest absolute Gasteiger partial charge is 0.126 e. The molecule has 1 aromatic carbocycles. The van der Waals surface area contributed by atoms with E-state index in [1.807, 2.05) is 6.92 Å². The van der Waals surface area contributed by atoms with E-state index in [0.29, 0.717) is 30.0 Å². The molecule has 0 amide bonds. The molecule has 4 heteroatoms. The molecule has 0 heterocycles. The molecule has 0 aliphatic rings. The fourth-order valence-corrected chi connectivity index (χ4v) is 1.82. The van der Waals surface area contributed by atoms with Crippen LogP contribution in [0.15, 0.2) is 18.2 Å². The van der Waals surface area contributed by atoms with Gasteiger partial charge in [0.1, 0.15) is 5.82 Å². The third-order valence-corrected chi connectivity index (χ3v) is 2.92. The second-order valence-corrected chi connectivity index (χ2v) is 4.50. The molecule has 0 fully saturated rings. The van der Waals surface area contributed by atoms with Crippen LogP contribution >= 0.6 is 11.6 Å². The van der Waals surface area contributed by atoms with E-state index in [4.69, 9.17) is 22.1 Å². The quantitative estimate of drug-likeness (QED) is 0.866. The van der Waals surface area contributed by atoms with E-state index in [0.717, 1.165) is 0 Å². The molecule has 0 aromatic heterocycles. The Balaban J connectivity index is 2.89. The number of rotatable bonds is 5. The Morgan fingerprint density at radius 1 is 1.50 bits per heavy atom. The Bertz CT molecular complexity index is 359. The molecule has 1 atom stereocenters. The monoisotopic (exact) mass is 245 g/mol. The first kappa shape index (κ1) is 13.4. The summed E-state index contributed by atoms with van der Waals surface area (Å²) in [5.74, 6) is -0.274. The van der Waals surface area contributed by atoms with E-state index in [1.54, 1.807) is 13.2 Å². The van der Waals surface area contributed by atoms with Crippen molar-refractivity contribution in [3.63, 3.8) is 0 Å². The van der Waals surface area contributed by atoms with E-state index in [-0.39, 0.29) is 5.82 Å². The third kappa shape index (κ3) is 3.44. The van der Waals surface area contributed by atoms with Crippen LogP contribution in [0.1, 0.15) is 18.9 Å². The van der Waals surface area contributed by atoms with Gasteiger partial charge in [0.2, 0.25) is 0 Å². The lowest BCUT2D eigenvalue weighted by Gasteiger charge is -2.27. The van der Waals surface area contributed by atoms with Crippen LogP contribution in [0.3, 0.4) is 0 Å². The SMILES string of the molecule is CCC(N)(COC)Cc1cc(Cl)ccc1F. The van der Waals surface area contributed by atoms with Gasteiger partial charge >= 0.3 is 0 Å². The van der Waals surface area contributed by atoms with Gasteiger partial charge in [-0.3, -0.25) is 0 Å². The van der Waals surface area contributed by atoms with Crippen LogP contribution in [0.2, 0.25) is 5.02 Å². The van der Waals surface area contributed by atoms with Gasteiger partial charge in [0.05, 0.1) is 6.61 Å². The molecule has 90 valence electrons.